The number of methoxy groups -OCH3 is 1. The third kappa shape index (κ3) is 172. The number of rotatable bonds is 35. The molecule has 0 rings (SSSR count). The van der Waals surface area contributed by atoms with E-state index in [0.717, 1.165) is 32.8 Å². The van der Waals surface area contributed by atoms with Gasteiger partial charge in [0, 0.05) is 119 Å². The maximum absolute atomic E-state index is 10.6. The molecule has 36 nitrogen and oxygen atoms in total. The second kappa shape index (κ2) is 107. The molecule has 0 amide bonds. The first-order valence-electron chi connectivity index (χ1n) is 50.1. The first-order valence-corrected chi connectivity index (χ1v) is 35.3. The van der Waals surface area contributed by atoms with Crippen molar-refractivity contribution in [1.29, 1.82) is 0 Å². The summed E-state index contributed by atoms with van der Waals surface area (Å²) < 4.78 is 263. The molecule has 0 aromatic carbocycles. The van der Waals surface area contributed by atoms with Crippen LogP contribution >= 0.6 is 33.0 Å². The van der Waals surface area contributed by atoms with E-state index in [-0.39, 0.29) is 75.3 Å². The zero-order chi connectivity index (χ0) is 125. The molecule has 676 valence electrons. The Labute approximate surface area is 734 Å². The van der Waals surface area contributed by atoms with Crippen LogP contribution in [0.4, 0.5) is 0 Å². The maximum Gasteiger partial charge on any atom is 1.00 e. The summed E-state index contributed by atoms with van der Waals surface area (Å²) in [4.78, 5) is 142. The molecule has 0 aliphatic rings. The van der Waals surface area contributed by atoms with Gasteiger partial charge < -0.3 is 111 Å². The fraction of sp³-hybridized carbons (Fsp3) is 0.806. The van der Waals surface area contributed by atoms with Gasteiger partial charge in [-0.2, -0.15) is 0 Å². The van der Waals surface area contributed by atoms with Crippen LogP contribution in [0.3, 0.4) is 0 Å². The number of hydrogen-bond donors (Lipinski definition) is 20. The van der Waals surface area contributed by atoms with Crippen LogP contribution in [0.1, 0.15) is 330 Å². The molecular formula is C72H153Cl3N7O29S+. The van der Waals surface area contributed by atoms with Crippen LogP contribution in [-0.2, 0) is 81.1 Å². The zero-order valence-electron chi connectivity index (χ0n) is 103. The number of unbranched alkanes of at least 4 members (excludes halogenated alkanes) is 2. The molecule has 0 radical (unpaired) electrons. The highest BCUT2D eigenvalue weighted by atomic mass is 36.0. The zero-order valence-corrected chi connectivity index (χ0v) is 69.2. The van der Waals surface area contributed by atoms with Crippen molar-refractivity contribution in [2.75, 3.05) is 14.2 Å². The second-order valence-corrected chi connectivity index (χ2v) is 24.0. The lowest BCUT2D eigenvalue weighted by Crippen LogP contribution is -2.36. The van der Waals surface area contributed by atoms with Crippen LogP contribution in [0.15, 0.2) is 0 Å². The average molecular weight is 1760 g/mol. The smallest absolute Gasteiger partial charge is 0.481 e. The van der Waals surface area contributed by atoms with Crippen LogP contribution in [0, 0.1) is 41.4 Å². The summed E-state index contributed by atoms with van der Waals surface area (Å²) in [6, 6.07) is -11.7. The van der Waals surface area contributed by atoms with E-state index in [1.807, 2.05) is 27.7 Å². The molecule has 0 saturated heterocycles. The minimum atomic E-state index is -3.70. The number of esters is 1. The lowest BCUT2D eigenvalue weighted by atomic mass is 10.1. The van der Waals surface area contributed by atoms with Gasteiger partial charge >= 0.3 is 79.0 Å². The average Bonchev–Trinajstić information content (AvgIpc) is 0.724. The van der Waals surface area contributed by atoms with Crippen molar-refractivity contribution >= 4 is 125 Å². The van der Waals surface area contributed by atoms with Gasteiger partial charge in [-0.3, -0.25) is 67.1 Å². The number of carbonyl (C=O) groups excluding carboxylic acids is 2. The van der Waals surface area contributed by atoms with E-state index >= 15 is 0 Å². The van der Waals surface area contributed by atoms with Crippen molar-refractivity contribution in [3.63, 3.8) is 0 Å². The molecule has 0 spiro atoms. The van der Waals surface area contributed by atoms with Crippen LogP contribution < -0.4 is 40.1 Å². The van der Waals surface area contributed by atoms with Crippen molar-refractivity contribution in [2.45, 2.75) is 322 Å². The molecule has 0 aromatic rings. The Kier molecular flexibility index (Phi) is 69.6. The third-order valence-electron chi connectivity index (χ3n) is 9.78. The quantitative estimate of drug-likeness (QED) is 0.0207. The molecule has 4 unspecified atom stereocenters. The summed E-state index contributed by atoms with van der Waals surface area (Å²) in [7, 11) is 9.70. The van der Waals surface area contributed by atoms with Crippen LogP contribution in [0.2, 0.25) is 0 Å². The summed E-state index contributed by atoms with van der Waals surface area (Å²) in [6.45, 7) is 6.41. The van der Waals surface area contributed by atoms with Gasteiger partial charge in [-0.05, 0) is 97.8 Å². The van der Waals surface area contributed by atoms with E-state index in [2.05, 4.69) is 26.1 Å². The molecule has 0 saturated carbocycles. The molecule has 0 aliphatic heterocycles. The number of halogens is 3. The molecule has 27 N–H and O–H groups in total. The van der Waals surface area contributed by atoms with Gasteiger partial charge in [-0.15, -0.1) is 0 Å². The van der Waals surface area contributed by atoms with Crippen LogP contribution in [0.25, 0.3) is 0 Å². The lowest BCUT2D eigenvalue weighted by Gasteiger charge is -2.11. The molecule has 40 heteroatoms. The Morgan fingerprint density at radius 2 is 0.714 bits per heavy atom. The van der Waals surface area contributed by atoms with Crippen molar-refractivity contribution in [1.82, 2.24) is 0 Å². The normalized spacial score (nSPS) is 18.6. The third-order valence-corrected chi connectivity index (χ3v) is 9.97. The molecule has 7 atom stereocenters. The van der Waals surface area contributed by atoms with Crippen molar-refractivity contribution in [3.8, 4) is 0 Å². The number of hydrogen-bond acceptors (Lipinski definition) is 24. The number of aliphatic hydroxyl groups excluding tert-OH is 1. The predicted octanol–water partition coefficient (Wildman–Crippen LogP) is 10.7. The van der Waals surface area contributed by atoms with Gasteiger partial charge in [0.1, 0.15) is 42.2 Å². The molecule has 0 aromatic heterocycles. The number of ether oxygens (including phenoxy) is 1. The fourth-order valence-corrected chi connectivity index (χ4v) is 3.45. The molecule has 0 fully saturated rings. The van der Waals surface area contributed by atoms with Gasteiger partial charge in [-0.25, -0.2) is 4.21 Å². The number of carbonyl (C=O) groups is 14. The maximum atomic E-state index is 10.6. The summed E-state index contributed by atoms with van der Waals surface area (Å²) >= 11 is 5.02. The Bertz CT molecular complexity index is 3790. The Morgan fingerprint density at radius 1 is 0.384 bits per heavy atom. The standard InChI is InChI=1S/C6H13NO2.C5H9ClO.6C5H11NO2.6C5H10O2.CH4O.Cl2OS/c1-4(2)5(7)6(8)9-3;1-2-3-4-5(6)7;6*1-3(2)4(6)5(7)8;6*1-2-3-4-5(6)7;1-2;1-4(2)3/h4-5H,7H2,1-3H3;2-4H2,1H3;6*3-4H,6H2,1-2H3,(H,7,8);6*2-4H2,1H3,(H,6,7);2H,1H3;/p+1/t;;3*4-;;;;;;;;;;;/m..000.........../s1/i;;1D3,2D3,3D,4D;3D,4D;4D;1D3,2D3;3D;;1D3,2D2,3D2,4D2;4D2;3D2;2D2;1D3;;;. The van der Waals surface area contributed by atoms with Crippen molar-refractivity contribution in [3.05, 3.63) is 0 Å². The first kappa shape index (κ1) is 73.1. The number of carboxylic acid groups (broad SMARTS) is 12. The molecule has 112 heavy (non-hydrogen) atoms. The monoisotopic (exact) mass is 1750 g/mol. The Balaban J connectivity index is -0.0000000841. The van der Waals surface area contributed by atoms with Gasteiger partial charge in [0.25, 0.3) is 0 Å². The largest absolute Gasteiger partial charge is 1.00 e. The number of carboxylic acids is 12. The van der Waals surface area contributed by atoms with E-state index in [1.54, 1.807) is 41.5 Å². The highest BCUT2D eigenvalue weighted by Gasteiger charge is 2.19. The lowest BCUT2D eigenvalue weighted by molar-refractivity contribution is -0.143. The van der Waals surface area contributed by atoms with E-state index in [9.17, 15) is 67.1 Å². The van der Waals surface area contributed by atoms with Crippen LogP contribution in [-0.4, -0.2) is 210 Å². The van der Waals surface area contributed by atoms with E-state index in [4.69, 9.17) is 172 Å². The number of nitrogens with two attached hydrogens (primary N) is 7. The minimum Gasteiger partial charge on any atom is -0.481 e. The summed E-state index contributed by atoms with van der Waals surface area (Å²) in [5.74, 6) is -24.7. The molecule has 0 heterocycles. The highest BCUT2D eigenvalue weighted by Crippen LogP contribution is 2.03. The molecular weight excluding hydrogens is 1570 g/mol. The second-order valence-electron chi connectivity index (χ2n) is 21.1. The summed E-state index contributed by atoms with van der Waals surface area (Å²) in [5, 5.41) is 106. The Hall–Kier alpha value is -6.52. The topological polar surface area (TPSA) is 710 Å². The molecule has 0 bridgehead atoms. The summed E-state index contributed by atoms with van der Waals surface area (Å²) in [6.07, 6.45) is -10.7. The summed E-state index contributed by atoms with van der Waals surface area (Å²) in [5.41, 5.74) is 35.6. The van der Waals surface area contributed by atoms with Gasteiger partial charge in [0.2, 0.25) is 14.5 Å². The van der Waals surface area contributed by atoms with Crippen molar-refractivity contribution < 1.29 is 193 Å². The number of aliphatic carboxylic acids is 12. The highest BCUT2D eigenvalue weighted by molar-refractivity contribution is 8.26. The Morgan fingerprint density at radius 3 is 0.830 bits per heavy atom. The predicted molar refractivity (Wildman–Crippen MR) is 440 cm³/mol. The molecule has 0 aliphatic carbocycles. The first-order chi connectivity index (χ1) is 64.5. The minimum absolute atomic E-state index is 0. The van der Waals surface area contributed by atoms with E-state index in [0.29, 0.717) is 19.3 Å². The van der Waals surface area contributed by atoms with Gasteiger partial charge in [0.05, 0.1) is 11.2 Å². The SMILES string of the molecule is CC(C)C(N)C(=O)O.CCCCC(=O)Cl.CCCCC(=O)O.CO.COC(=O)C(N)C(C)C.O=S(Cl)Cl.[2H]C(C)(C)C(N)C(=O)O.[2H]C(C)(C)[C@]([2H])(N)C(=O)O.[2H]C([2H])(C)CCC(=O)O.[2H]C([2H])(CC)CC(=O)O.[2H]C([2H])(CCC)C(=O)O.[2H]C([2H])([2H])C(C(N)C(=O)O)C([2H])([2H])[2H].[2H]C([2H])([2H])C([2H])(C([2H])([2H])[2H])[C@]([2H])(N)C(=O)O.[2H]C([2H])([2H])C([2H])([2H])C([2H])([2H])C([2H])([2H])C(=O)O.[2H]C([2H])([2H])CCCC(=O)O.[2H][C@@](N)(C(=O)O)C(C)C.[H+]. The van der Waals surface area contributed by atoms with Crippen LogP contribution in [0.5, 0.6) is 0 Å². The van der Waals surface area contributed by atoms with Crippen molar-refractivity contribution in [2.24, 2.45) is 81.5 Å². The van der Waals surface area contributed by atoms with Gasteiger partial charge in [0.15, 0.2) is 0 Å². The van der Waals surface area contributed by atoms with E-state index in [1.165, 1.54) is 41.7 Å². The fourth-order valence-electron chi connectivity index (χ4n) is 3.31. The number of aliphatic hydroxyl groups is 1. The van der Waals surface area contributed by atoms with E-state index < -0.39 is 232 Å². The van der Waals surface area contributed by atoms with Gasteiger partial charge in [-0.1, -0.05) is 190 Å².